The summed E-state index contributed by atoms with van der Waals surface area (Å²) in [5.41, 5.74) is 3.00. The molecule has 2 aromatic rings. The summed E-state index contributed by atoms with van der Waals surface area (Å²) in [5, 5.41) is 2.81. The molecule has 3 heterocycles. The Bertz CT molecular complexity index is 1090. The molecule has 0 aliphatic carbocycles. The van der Waals surface area contributed by atoms with E-state index in [0.29, 0.717) is 26.1 Å². The lowest BCUT2D eigenvalue weighted by atomic mass is 9.99. The standard InChI is InChI=1S/C26H34N4O4/c1-28-9-11-30(12-10-28)23-18-22(32-2)17-19-3-8-24(34-25(19)23)26(31)27-20-4-6-21(7-5-20)29-13-15-33-16-14-29/h4-7,17-18,24H,3,8-16H2,1-2H3,(H,27,31)/t24-/m1/s1/i4T,5T. The van der Waals surface area contributed by atoms with Crippen LogP contribution in [-0.2, 0) is 16.0 Å². The zero-order valence-corrected chi connectivity index (χ0v) is 19.9. The summed E-state index contributed by atoms with van der Waals surface area (Å²) >= 11 is 0. The number of hydrogen-bond donors (Lipinski definition) is 1. The van der Waals surface area contributed by atoms with Gasteiger partial charge in [0.25, 0.3) is 5.91 Å². The molecule has 8 nitrogen and oxygen atoms in total. The number of fused-ring (bicyclic) bond motifs is 1. The first-order valence-corrected chi connectivity index (χ1v) is 12.0. The lowest BCUT2D eigenvalue weighted by Crippen LogP contribution is -2.45. The summed E-state index contributed by atoms with van der Waals surface area (Å²) in [6, 6.07) is 7.62. The van der Waals surface area contributed by atoms with Crippen LogP contribution in [0.5, 0.6) is 11.5 Å². The van der Waals surface area contributed by atoms with Crippen LogP contribution in [-0.4, -0.2) is 83.6 Å². The second-order valence-corrected chi connectivity index (χ2v) is 9.04. The smallest absolute Gasteiger partial charge is 0.265 e. The van der Waals surface area contributed by atoms with Crippen molar-refractivity contribution in [2.75, 3.05) is 81.8 Å². The van der Waals surface area contributed by atoms with E-state index in [9.17, 15) is 4.79 Å². The van der Waals surface area contributed by atoms with Crippen molar-refractivity contribution in [3.05, 3.63) is 41.9 Å². The van der Waals surface area contributed by atoms with Crippen LogP contribution in [0.25, 0.3) is 0 Å². The molecule has 2 fully saturated rings. The molecule has 1 N–H and O–H groups in total. The third-order valence-electron chi connectivity index (χ3n) is 6.78. The van der Waals surface area contributed by atoms with Gasteiger partial charge in [0.15, 0.2) is 6.10 Å². The molecule has 34 heavy (non-hydrogen) atoms. The second kappa shape index (κ2) is 10.1. The summed E-state index contributed by atoms with van der Waals surface area (Å²) in [6.45, 7) is 6.35. The molecule has 0 spiro atoms. The fourth-order valence-electron chi connectivity index (χ4n) is 4.69. The molecule has 3 aliphatic rings. The van der Waals surface area contributed by atoms with Crippen molar-refractivity contribution in [1.29, 1.82) is 0 Å². The van der Waals surface area contributed by atoms with E-state index in [4.69, 9.17) is 17.0 Å². The first-order chi connectivity index (χ1) is 17.4. The third-order valence-corrected chi connectivity index (χ3v) is 6.78. The van der Waals surface area contributed by atoms with E-state index in [-0.39, 0.29) is 23.7 Å². The van der Waals surface area contributed by atoms with E-state index in [1.807, 2.05) is 12.1 Å². The van der Waals surface area contributed by atoms with Crippen molar-refractivity contribution in [3.8, 4) is 11.5 Å². The Labute approximate surface area is 204 Å². The highest BCUT2D eigenvalue weighted by Crippen LogP contribution is 2.41. The number of carbonyl (C=O) groups excluding carboxylic acids is 1. The molecular formula is C26H34N4O4. The van der Waals surface area contributed by atoms with Gasteiger partial charge in [-0.15, -0.1) is 0 Å². The number of methoxy groups -OCH3 is 1. The molecule has 0 saturated carbocycles. The summed E-state index contributed by atoms with van der Waals surface area (Å²) in [5.74, 6) is 1.18. The van der Waals surface area contributed by atoms with E-state index >= 15 is 0 Å². The van der Waals surface area contributed by atoms with E-state index < -0.39 is 6.10 Å². The van der Waals surface area contributed by atoms with Gasteiger partial charge in [-0.2, -0.15) is 0 Å². The number of rotatable bonds is 5. The molecule has 0 bridgehead atoms. The molecule has 2 saturated heterocycles. The number of amides is 1. The number of aryl methyl sites for hydroxylation is 1. The SMILES string of the molecule is [3H]c1cc(N2CCOCC2)cc([3H])c1NC(=O)[C@H]1CCc2cc(OC)cc(N3CCN(C)CC3)c2O1. The minimum atomic E-state index is -0.699. The maximum absolute atomic E-state index is 13.2. The third kappa shape index (κ3) is 4.93. The zero-order valence-electron chi connectivity index (χ0n) is 21.9. The maximum Gasteiger partial charge on any atom is 0.265 e. The molecule has 3 aliphatic heterocycles. The minimum Gasteiger partial charge on any atom is -0.497 e. The van der Waals surface area contributed by atoms with Gasteiger partial charge in [0.2, 0.25) is 0 Å². The first-order valence-electron chi connectivity index (χ1n) is 13.0. The van der Waals surface area contributed by atoms with Crippen molar-refractivity contribution >= 4 is 23.0 Å². The highest BCUT2D eigenvalue weighted by Gasteiger charge is 2.31. The van der Waals surface area contributed by atoms with Crippen molar-refractivity contribution in [2.24, 2.45) is 0 Å². The predicted molar refractivity (Wildman–Crippen MR) is 134 cm³/mol. The monoisotopic (exact) mass is 470 g/mol. The number of nitrogens with one attached hydrogen (secondary N) is 1. The highest BCUT2D eigenvalue weighted by atomic mass is 16.5. The summed E-state index contributed by atoms with van der Waals surface area (Å²) in [6.07, 6.45) is 0.499. The molecule has 1 amide bonds. The Morgan fingerprint density at radius 3 is 2.53 bits per heavy atom. The molecule has 1 atom stereocenters. The molecule has 5 rings (SSSR count). The van der Waals surface area contributed by atoms with Crippen LogP contribution in [0, 0.1) is 0 Å². The van der Waals surface area contributed by atoms with Gasteiger partial charge in [-0.25, -0.2) is 0 Å². The zero-order chi connectivity index (χ0) is 25.2. The summed E-state index contributed by atoms with van der Waals surface area (Å²) in [7, 11) is 3.78. The Morgan fingerprint density at radius 1 is 1.09 bits per heavy atom. The van der Waals surface area contributed by atoms with Gasteiger partial charge in [-0.3, -0.25) is 4.79 Å². The number of carbonyl (C=O) groups is 1. The van der Waals surface area contributed by atoms with Gasteiger partial charge < -0.3 is 34.2 Å². The predicted octanol–water partition coefficient (Wildman–Crippen LogP) is 2.62. The lowest BCUT2D eigenvalue weighted by molar-refractivity contribution is -0.123. The molecule has 0 radical (unpaired) electrons. The average Bonchev–Trinajstić information content (AvgIpc) is 2.90. The van der Waals surface area contributed by atoms with Crippen LogP contribution in [0.3, 0.4) is 0 Å². The highest BCUT2D eigenvalue weighted by molar-refractivity contribution is 5.95. The van der Waals surface area contributed by atoms with E-state index in [0.717, 1.165) is 67.7 Å². The number of ether oxygens (including phenoxy) is 3. The van der Waals surface area contributed by atoms with Gasteiger partial charge in [0, 0.05) is 62.3 Å². The van der Waals surface area contributed by atoms with Gasteiger partial charge in [-0.1, -0.05) is 0 Å². The molecule has 182 valence electrons. The van der Waals surface area contributed by atoms with Crippen LogP contribution in [0.1, 0.15) is 14.7 Å². The quantitative estimate of drug-likeness (QED) is 0.721. The van der Waals surface area contributed by atoms with Crippen LogP contribution < -0.4 is 24.6 Å². The topological polar surface area (TPSA) is 66.5 Å². The maximum atomic E-state index is 13.2. The number of anilines is 3. The van der Waals surface area contributed by atoms with E-state index in [1.54, 1.807) is 19.2 Å². The number of morpholine rings is 1. The Morgan fingerprint density at radius 2 is 1.82 bits per heavy atom. The van der Waals surface area contributed by atoms with Gasteiger partial charge in [0.1, 0.15) is 11.5 Å². The summed E-state index contributed by atoms with van der Waals surface area (Å²) < 4.78 is 34.2. The number of benzene rings is 2. The van der Waals surface area contributed by atoms with Crippen LogP contribution in [0.2, 0.25) is 0 Å². The van der Waals surface area contributed by atoms with Crippen molar-refractivity contribution in [3.63, 3.8) is 0 Å². The largest absolute Gasteiger partial charge is 0.497 e. The number of likely N-dealkylation sites (N-methyl/N-ethyl adjacent to an activating group) is 1. The summed E-state index contributed by atoms with van der Waals surface area (Å²) in [4.78, 5) is 19.9. The Hall–Kier alpha value is -2.97. The van der Waals surface area contributed by atoms with E-state index in [1.165, 1.54) is 0 Å². The molecule has 2 aromatic carbocycles. The fourth-order valence-corrected chi connectivity index (χ4v) is 4.69. The molecular weight excluding hydrogens is 432 g/mol. The van der Waals surface area contributed by atoms with E-state index in [2.05, 4.69) is 27.1 Å². The normalized spacial score (nSPS) is 21.8. The van der Waals surface area contributed by atoms with Crippen LogP contribution in [0.15, 0.2) is 36.4 Å². The van der Waals surface area contributed by atoms with Crippen molar-refractivity contribution in [1.82, 2.24) is 4.90 Å². The molecule has 0 unspecified atom stereocenters. The van der Waals surface area contributed by atoms with Gasteiger partial charge in [0.05, 0.1) is 28.8 Å². The van der Waals surface area contributed by atoms with Gasteiger partial charge in [-0.05, 0) is 50.2 Å². The fraction of sp³-hybridized carbons (Fsp3) is 0.500. The number of nitrogens with zero attached hydrogens (tertiary/aromatic N) is 3. The lowest BCUT2D eigenvalue weighted by Gasteiger charge is -2.37. The second-order valence-electron chi connectivity index (χ2n) is 9.04. The molecule has 8 heteroatoms. The van der Waals surface area contributed by atoms with Crippen LogP contribution >= 0.6 is 0 Å². The average molecular weight is 471 g/mol. The van der Waals surface area contributed by atoms with Crippen molar-refractivity contribution < 1.29 is 21.7 Å². The minimum absolute atomic E-state index is 0.122. The molecule has 0 aromatic heterocycles. The number of piperazine rings is 1. The Kier molecular flexibility index (Phi) is 6.07. The first kappa shape index (κ1) is 20.4. The van der Waals surface area contributed by atoms with Gasteiger partial charge >= 0.3 is 0 Å². The van der Waals surface area contributed by atoms with Crippen LogP contribution in [0.4, 0.5) is 17.1 Å². The number of hydrogen-bond acceptors (Lipinski definition) is 7. The van der Waals surface area contributed by atoms with Crippen molar-refractivity contribution in [2.45, 2.75) is 18.9 Å². The Balaban J connectivity index is 1.34.